The van der Waals surface area contributed by atoms with Crippen LogP contribution in [0.3, 0.4) is 0 Å². The lowest BCUT2D eigenvalue weighted by Gasteiger charge is -2.16. The van der Waals surface area contributed by atoms with Crippen molar-refractivity contribution in [1.82, 2.24) is 5.32 Å². The van der Waals surface area contributed by atoms with Gasteiger partial charge >= 0.3 is 5.97 Å². The highest BCUT2D eigenvalue weighted by atomic mass is 16.5. The van der Waals surface area contributed by atoms with Gasteiger partial charge in [0.05, 0.1) is 0 Å². The van der Waals surface area contributed by atoms with Crippen LogP contribution in [0.25, 0.3) is 0 Å². The van der Waals surface area contributed by atoms with Crippen LogP contribution >= 0.6 is 0 Å². The first-order valence-electron chi connectivity index (χ1n) is 9.80. The molecule has 2 aromatic rings. The number of anilines is 1. The summed E-state index contributed by atoms with van der Waals surface area (Å²) in [5.74, 6) is -1.45. The molecule has 0 bridgehead atoms. The van der Waals surface area contributed by atoms with Crippen LogP contribution in [-0.2, 0) is 27.2 Å². The molecule has 0 aliphatic heterocycles. The van der Waals surface area contributed by atoms with E-state index in [9.17, 15) is 14.4 Å². The fraction of sp³-hybridized carbons (Fsp3) is 0.348. The summed E-state index contributed by atoms with van der Waals surface area (Å²) in [6, 6.07) is 12.1. The molecule has 0 heterocycles. The third kappa shape index (κ3) is 6.17. The summed E-state index contributed by atoms with van der Waals surface area (Å²) in [6.45, 7) is 7.03. The van der Waals surface area contributed by atoms with E-state index in [1.54, 1.807) is 18.2 Å². The number of rotatable bonds is 8. The molecule has 6 nitrogen and oxygen atoms in total. The molecule has 2 rings (SSSR count). The van der Waals surface area contributed by atoms with E-state index in [1.807, 2.05) is 45.0 Å². The van der Waals surface area contributed by atoms with Crippen LogP contribution in [-0.4, -0.2) is 30.4 Å². The van der Waals surface area contributed by atoms with E-state index >= 15 is 0 Å². The van der Waals surface area contributed by atoms with Crippen LogP contribution in [0.5, 0.6) is 0 Å². The maximum Gasteiger partial charge on any atom is 0.328 e. The molecule has 0 unspecified atom stereocenters. The van der Waals surface area contributed by atoms with Crippen LogP contribution in [0, 0.1) is 6.92 Å². The molecule has 154 valence electrons. The minimum Gasteiger partial charge on any atom is -0.454 e. The van der Waals surface area contributed by atoms with Crippen molar-refractivity contribution < 1.29 is 19.1 Å². The molecule has 0 saturated heterocycles. The fourth-order valence-corrected chi connectivity index (χ4v) is 2.97. The van der Waals surface area contributed by atoms with E-state index in [2.05, 4.69) is 10.6 Å². The van der Waals surface area contributed by atoms with Crippen molar-refractivity contribution in [2.45, 2.75) is 46.6 Å². The molecule has 29 heavy (non-hydrogen) atoms. The smallest absolute Gasteiger partial charge is 0.328 e. The number of para-hydroxylation sites is 1. The topological polar surface area (TPSA) is 84.5 Å². The summed E-state index contributed by atoms with van der Waals surface area (Å²) in [7, 11) is 0. The zero-order valence-electron chi connectivity index (χ0n) is 17.4. The highest BCUT2D eigenvalue weighted by Crippen LogP contribution is 2.22. The van der Waals surface area contributed by atoms with E-state index in [-0.39, 0.29) is 5.91 Å². The van der Waals surface area contributed by atoms with E-state index in [1.165, 1.54) is 6.92 Å². The van der Waals surface area contributed by atoms with E-state index < -0.39 is 24.5 Å². The second-order valence-electron chi connectivity index (χ2n) is 6.88. The number of benzene rings is 2. The molecular weight excluding hydrogens is 368 g/mol. The van der Waals surface area contributed by atoms with Crippen LogP contribution in [0.4, 0.5) is 5.69 Å². The summed E-state index contributed by atoms with van der Waals surface area (Å²) in [4.78, 5) is 36.7. The Hall–Kier alpha value is -3.15. The van der Waals surface area contributed by atoms with Gasteiger partial charge in [0.2, 0.25) is 0 Å². The first-order chi connectivity index (χ1) is 13.8. The Morgan fingerprint density at radius 2 is 1.62 bits per heavy atom. The summed E-state index contributed by atoms with van der Waals surface area (Å²) in [6.07, 6.45) is 1.57. The highest BCUT2D eigenvalue weighted by Gasteiger charge is 2.19. The molecule has 0 spiro atoms. The highest BCUT2D eigenvalue weighted by molar-refractivity contribution is 5.97. The van der Waals surface area contributed by atoms with Crippen LogP contribution < -0.4 is 10.6 Å². The number of aryl methyl sites for hydroxylation is 3. The second kappa shape index (κ2) is 10.4. The van der Waals surface area contributed by atoms with Crippen molar-refractivity contribution in [2.75, 3.05) is 11.9 Å². The van der Waals surface area contributed by atoms with Gasteiger partial charge in [-0.1, -0.05) is 49.7 Å². The Balaban J connectivity index is 1.90. The molecule has 2 amide bonds. The van der Waals surface area contributed by atoms with Gasteiger partial charge in [0.25, 0.3) is 11.8 Å². The minimum atomic E-state index is -0.870. The van der Waals surface area contributed by atoms with E-state index in [0.29, 0.717) is 5.56 Å². The first-order valence-corrected chi connectivity index (χ1v) is 9.80. The molecule has 0 aromatic heterocycles. The maximum absolute atomic E-state index is 12.3. The standard InChI is InChI=1S/C23H28N2O4/c1-5-17-10-8-11-18(6-2)21(17)25-20(26)14-29-23(28)16(4)24-22(27)19-12-7-9-15(3)13-19/h7-13,16H,5-6,14H2,1-4H3,(H,24,27)(H,25,26)/t16-/m0/s1. The molecule has 1 atom stereocenters. The van der Waals surface area contributed by atoms with Crippen molar-refractivity contribution in [1.29, 1.82) is 0 Å². The Morgan fingerprint density at radius 3 is 2.21 bits per heavy atom. The van der Waals surface area contributed by atoms with Gasteiger partial charge in [-0.2, -0.15) is 0 Å². The maximum atomic E-state index is 12.3. The number of carbonyl (C=O) groups is 3. The van der Waals surface area contributed by atoms with Crippen LogP contribution in [0.15, 0.2) is 42.5 Å². The Morgan fingerprint density at radius 1 is 1.00 bits per heavy atom. The zero-order chi connectivity index (χ0) is 21.4. The van der Waals surface area contributed by atoms with Gasteiger partial charge in [-0.15, -0.1) is 0 Å². The number of carbonyl (C=O) groups excluding carboxylic acids is 3. The second-order valence-corrected chi connectivity index (χ2v) is 6.88. The lowest BCUT2D eigenvalue weighted by Crippen LogP contribution is -2.40. The molecule has 0 radical (unpaired) electrons. The van der Waals surface area contributed by atoms with Crippen molar-refractivity contribution in [2.24, 2.45) is 0 Å². The summed E-state index contributed by atoms with van der Waals surface area (Å²) in [5.41, 5.74) is 4.25. The number of amides is 2. The number of esters is 1. The van der Waals surface area contributed by atoms with Gasteiger partial charge in [-0.25, -0.2) is 4.79 Å². The van der Waals surface area contributed by atoms with Crippen molar-refractivity contribution in [3.8, 4) is 0 Å². The van der Waals surface area contributed by atoms with Crippen molar-refractivity contribution in [3.63, 3.8) is 0 Å². The summed E-state index contributed by atoms with van der Waals surface area (Å²) >= 11 is 0. The fourth-order valence-electron chi connectivity index (χ4n) is 2.97. The lowest BCUT2D eigenvalue weighted by atomic mass is 10.0. The zero-order valence-corrected chi connectivity index (χ0v) is 17.4. The molecule has 0 aliphatic rings. The number of ether oxygens (including phenoxy) is 1. The van der Waals surface area contributed by atoms with Gasteiger partial charge in [-0.3, -0.25) is 9.59 Å². The number of nitrogens with one attached hydrogen (secondary N) is 2. The summed E-state index contributed by atoms with van der Waals surface area (Å²) in [5, 5.41) is 5.43. The van der Waals surface area contributed by atoms with Gasteiger partial charge in [-0.05, 0) is 49.9 Å². The number of hydrogen-bond acceptors (Lipinski definition) is 4. The monoisotopic (exact) mass is 396 g/mol. The molecule has 2 aromatic carbocycles. The third-order valence-corrected chi connectivity index (χ3v) is 4.59. The quantitative estimate of drug-likeness (QED) is 0.670. The normalized spacial score (nSPS) is 11.4. The van der Waals surface area contributed by atoms with Crippen molar-refractivity contribution >= 4 is 23.5 Å². The predicted octanol–water partition coefficient (Wildman–Crippen LogP) is 3.42. The largest absolute Gasteiger partial charge is 0.454 e. The van der Waals surface area contributed by atoms with E-state index in [4.69, 9.17) is 4.74 Å². The van der Waals surface area contributed by atoms with Gasteiger partial charge < -0.3 is 15.4 Å². The molecule has 0 aliphatic carbocycles. The lowest BCUT2D eigenvalue weighted by molar-refractivity contribution is -0.148. The average molecular weight is 396 g/mol. The van der Waals surface area contributed by atoms with Gasteiger partial charge in [0, 0.05) is 11.3 Å². The minimum absolute atomic E-state index is 0.368. The average Bonchev–Trinajstić information content (AvgIpc) is 2.71. The number of hydrogen-bond donors (Lipinski definition) is 2. The van der Waals surface area contributed by atoms with Gasteiger partial charge in [0.1, 0.15) is 6.04 Å². The molecule has 2 N–H and O–H groups in total. The summed E-state index contributed by atoms with van der Waals surface area (Å²) < 4.78 is 5.08. The van der Waals surface area contributed by atoms with Crippen molar-refractivity contribution in [3.05, 3.63) is 64.7 Å². The Labute approximate surface area is 171 Å². The van der Waals surface area contributed by atoms with Crippen LogP contribution in [0.2, 0.25) is 0 Å². The predicted molar refractivity (Wildman–Crippen MR) is 113 cm³/mol. The van der Waals surface area contributed by atoms with Gasteiger partial charge in [0.15, 0.2) is 6.61 Å². The van der Waals surface area contributed by atoms with Crippen LogP contribution in [0.1, 0.15) is 47.8 Å². The molecule has 0 fully saturated rings. The Kier molecular flexibility index (Phi) is 7.95. The molecular formula is C23H28N2O4. The molecule has 6 heteroatoms. The SMILES string of the molecule is CCc1cccc(CC)c1NC(=O)COC(=O)[C@H](C)NC(=O)c1cccc(C)c1. The molecule has 0 saturated carbocycles. The van der Waals surface area contributed by atoms with E-state index in [0.717, 1.165) is 35.2 Å². The first kappa shape index (κ1) is 22.1. The third-order valence-electron chi connectivity index (χ3n) is 4.59. The Bertz CT molecular complexity index is 870.